The van der Waals surface area contributed by atoms with E-state index in [0.29, 0.717) is 28.3 Å². The second-order valence-electron chi connectivity index (χ2n) is 7.54. The number of aliphatic hydroxyl groups is 1. The molecule has 3 aromatic rings. The van der Waals surface area contributed by atoms with Gasteiger partial charge in [0, 0.05) is 29.7 Å². The molecule has 1 atom stereocenters. The van der Waals surface area contributed by atoms with Crippen LogP contribution in [-0.2, 0) is 16.0 Å². The van der Waals surface area contributed by atoms with Crippen LogP contribution in [-0.4, -0.2) is 28.6 Å². The molecule has 32 heavy (non-hydrogen) atoms. The Hall–Kier alpha value is -4.13. The number of rotatable bonds is 4. The van der Waals surface area contributed by atoms with Crippen molar-refractivity contribution in [2.45, 2.75) is 19.4 Å². The van der Waals surface area contributed by atoms with Gasteiger partial charge in [-0.2, -0.15) is 0 Å². The highest BCUT2D eigenvalue weighted by Crippen LogP contribution is 2.44. The molecule has 0 spiro atoms. The van der Waals surface area contributed by atoms with E-state index in [1.54, 1.807) is 54.9 Å². The number of hydrogen-bond acceptors (Lipinski definition) is 6. The largest absolute Gasteiger partial charge is 0.507 e. The van der Waals surface area contributed by atoms with E-state index >= 15 is 0 Å². The van der Waals surface area contributed by atoms with Gasteiger partial charge in [0.15, 0.2) is 11.5 Å². The fourth-order valence-corrected chi connectivity index (χ4v) is 4.05. The van der Waals surface area contributed by atoms with Gasteiger partial charge in [-0.05, 0) is 41.8 Å². The molecular weight excluding hydrogens is 408 g/mol. The Morgan fingerprint density at radius 1 is 1.03 bits per heavy atom. The minimum absolute atomic E-state index is 0.0307. The number of aryl methyl sites for hydroxylation is 1. The second-order valence-corrected chi connectivity index (χ2v) is 7.54. The zero-order valence-electron chi connectivity index (χ0n) is 17.3. The fraction of sp³-hybridized carbons (Fsp3) is 0.160. The molecular formula is C25H20N2O5. The Morgan fingerprint density at radius 2 is 1.75 bits per heavy atom. The Labute approximate surface area is 184 Å². The van der Waals surface area contributed by atoms with E-state index in [1.165, 1.54) is 4.90 Å². The van der Waals surface area contributed by atoms with Crippen molar-refractivity contribution in [1.82, 2.24) is 4.98 Å². The van der Waals surface area contributed by atoms with Crippen LogP contribution in [0.25, 0.3) is 5.76 Å². The summed E-state index contributed by atoms with van der Waals surface area (Å²) in [6.45, 7) is 2.13. The van der Waals surface area contributed by atoms with Crippen LogP contribution in [0.3, 0.4) is 0 Å². The van der Waals surface area contributed by atoms with Crippen LogP contribution >= 0.6 is 0 Å². The molecule has 1 aromatic heterocycles. The zero-order valence-corrected chi connectivity index (χ0v) is 17.3. The first-order valence-electron chi connectivity index (χ1n) is 10.3. The van der Waals surface area contributed by atoms with Gasteiger partial charge in [0.2, 0.25) is 6.79 Å². The molecule has 1 unspecified atom stereocenters. The number of hydrogen-bond donors (Lipinski definition) is 1. The van der Waals surface area contributed by atoms with Crippen molar-refractivity contribution in [3.8, 4) is 11.5 Å². The molecule has 1 saturated heterocycles. The van der Waals surface area contributed by atoms with Crippen molar-refractivity contribution in [2.24, 2.45) is 0 Å². The number of carbonyl (C=O) groups excluding carboxylic acids is 2. The highest BCUT2D eigenvalue weighted by Gasteiger charge is 2.47. The average molecular weight is 428 g/mol. The Balaban J connectivity index is 1.67. The highest BCUT2D eigenvalue weighted by molar-refractivity contribution is 6.51. The predicted octanol–water partition coefficient (Wildman–Crippen LogP) is 4.00. The quantitative estimate of drug-likeness (QED) is 0.384. The molecule has 2 aromatic carbocycles. The van der Waals surface area contributed by atoms with Crippen molar-refractivity contribution < 1.29 is 24.2 Å². The molecule has 7 nitrogen and oxygen atoms in total. The summed E-state index contributed by atoms with van der Waals surface area (Å²) < 4.78 is 10.8. The van der Waals surface area contributed by atoms with Gasteiger partial charge in [0.05, 0.1) is 11.6 Å². The topological polar surface area (TPSA) is 89.0 Å². The number of benzene rings is 2. The summed E-state index contributed by atoms with van der Waals surface area (Å²) in [7, 11) is 0. The van der Waals surface area contributed by atoms with E-state index in [-0.39, 0.29) is 18.1 Å². The van der Waals surface area contributed by atoms with Crippen molar-refractivity contribution in [2.75, 3.05) is 11.7 Å². The number of ketones is 1. The van der Waals surface area contributed by atoms with E-state index in [0.717, 1.165) is 12.0 Å². The van der Waals surface area contributed by atoms with Crippen molar-refractivity contribution in [3.63, 3.8) is 0 Å². The number of anilines is 1. The summed E-state index contributed by atoms with van der Waals surface area (Å²) in [6, 6.07) is 15.0. The van der Waals surface area contributed by atoms with Crippen LogP contribution in [0.2, 0.25) is 0 Å². The van der Waals surface area contributed by atoms with Crippen LogP contribution in [0.5, 0.6) is 11.5 Å². The Morgan fingerprint density at radius 3 is 2.47 bits per heavy atom. The molecule has 2 aliphatic rings. The summed E-state index contributed by atoms with van der Waals surface area (Å²) in [5.41, 5.74) is 2.74. The van der Waals surface area contributed by atoms with Crippen LogP contribution < -0.4 is 14.4 Å². The molecule has 0 aliphatic carbocycles. The van der Waals surface area contributed by atoms with Gasteiger partial charge in [-0.25, -0.2) is 0 Å². The normalized spacial score (nSPS) is 18.9. The number of nitrogens with zero attached hydrogens (tertiary/aromatic N) is 2. The standard InChI is InChI=1S/C25H20N2O5/c1-2-15-3-5-17(6-4-15)23(28)21-22(16-9-11-26-12-10-16)27(25(30)24(21)29)18-7-8-19-20(13-18)32-14-31-19/h3-13,22,28H,2,14H2,1H3/b23-21+. The van der Waals surface area contributed by atoms with E-state index in [4.69, 9.17) is 9.47 Å². The lowest BCUT2D eigenvalue weighted by atomic mass is 9.95. The maximum atomic E-state index is 13.2. The minimum atomic E-state index is -0.816. The van der Waals surface area contributed by atoms with Gasteiger partial charge >= 0.3 is 0 Å². The molecule has 1 amide bonds. The lowest BCUT2D eigenvalue weighted by Crippen LogP contribution is -2.29. The molecule has 0 radical (unpaired) electrons. The number of amides is 1. The minimum Gasteiger partial charge on any atom is -0.507 e. The maximum absolute atomic E-state index is 13.2. The van der Waals surface area contributed by atoms with Crippen LogP contribution in [0.4, 0.5) is 5.69 Å². The van der Waals surface area contributed by atoms with Gasteiger partial charge in [0.25, 0.3) is 11.7 Å². The van der Waals surface area contributed by atoms with Crippen LogP contribution in [0.15, 0.2) is 72.6 Å². The first-order valence-corrected chi connectivity index (χ1v) is 10.3. The van der Waals surface area contributed by atoms with Crippen molar-refractivity contribution in [3.05, 3.63) is 89.3 Å². The monoisotopic (exact) mass is 428 g/mol. The van der Waals surface area contributed by atoms with E-state index in [1.807, 2.05) is 19.1 Å². The predicted molar refractivity (Wildman–Crippen MR) is 117 cm³/mol. The summed E-state index contributed by atoms with van der Waals surface area (Å²) in [5, 5.41) is 11.1. The number of ether oxygens (including phenoxy) is 2. The molecule has 7 heteroatoms. The SMILES string of the molecule is CCc1ccc(/C(O)=C2\C(=O)C(=O)N(c3ccc4c(c3)OCO4)C2c2ccncc2)cc1. The van der Waals surface area contributed by atoms with Crippen molar-refractivity contribution >= 4 is 23.1 Å². The average Bonchev–Trinajstić information content (AvgIpc) is 3.41. The fourth-order valence-electron chi connectivity index (χ4n) is 4.05. The number of fused-ring (bicyclic) bond motifs is 1. The Kier molecular flexibility index (Phi) is 4.86. The lowest BCUT2D eigenvalue weighted by molar-refractivity contribution is -0.132. The third-order valence-electron chi connectivity index (χ3n) is 5.74. The summed E-state index contributed by atoms with van der Waals surface area (Å²) in [4.78, 5) is 31.8. The van der Waals surface area contributed by atoms with Gasteiger partial charge in [-0.3, -0.25) is 19.5 Å². The highest BCUT2D eigenvalue weighted by atomic mass is 16.7. The third-order valence-corrected chi connectivity index (χ3v) is 5.74. The number of aliphatic hydroxyl groups excluding tert-OH is 1. The second kappa shape index (κ2) is 7.85. The van der Waals surface area contributed by atoms with Gasteiger partial charge in [0.1, 0.15) is 5.76 Å². The summed E-state index contributed by atoms with van der Waals surface area (Å²) >= 11 is 0. The number of carbonyl (C=O) groups is 2. The van der Waals surface area contributed by atoms with Crippen LogP contribution in [0, 0.1) is 0 Å². The third kappa shape index (κ3) is 3.19. The maximum Gasteiger partial charge on any atom is 0.300 e. The van der Waals surface area contributed by atoms with E-state index < -0.39 is 17.7 Å². The molecule has 1 fully saturated rings. The molecule has 2 aliphatic heterocycles. The molecule has 3 heterocycles. The molecule has 1 N–H and O–H groups in total. The van der Waals surface area contributed by atoms with E-state index in [2.05, 4.69) is 4.98 Å². The smallest absolute Gasteiger partial charge is 0.300 e. The Bertz CT molecular complexity index is 1230. The number of Topliss-reactive ketones (excluding diaryl/α,β-unsaturated/α-hetero) is 1. The molecule has 5 rings (SSSR count). The molecule has 0 saturated carbocycles. The van der Waals surface area contributed by atoms with E-state index in [9.17, 15) is 14.7 Å². The lowest BCUT2D eigenvalue weighted by Gasteiger charge is -2.25. The first-order chi connectivity index (χ1) is 15.6. The number of aromatic nitrogens is 1. The first kappa shape index (κ1) is 19.8. The zero-order chi connectivity index (χ0) is 22.2. The summed E-state index contributed by atoms with van der Waals surface area (Å²) in [5.74, 6) is -0.621. The number of pyridine rings is 1. The summed E-state index contributed by atoms with van der Waals surface area (Å²) in [6.07, 6.45) is 4.03. The van der Waals surface area contributed by atoms with Gasteiger partial charge in [-0.1, -0.05) is 31.2 Å². The van der Waals surface area contributed by atoms with Gasteiger partial charge in [-0.15, -0.1) is 0 Å². The van der Waals surface area contributed by atoms with Crippen molar-refractivity contribution in [1.29, 1.82) is 0 Å². The van der Waals surface area contributed by atoms with Gasteiger partial charge < -0.3 is 14.6 Å². The molecule has 0 bridgehead atoms. The molecule has 160 valence electrons. The van der Waals surface area contributed by atoms with Crippen LogP contribution in [0.1, 0.15) is 29.7 Å².